The van der Waals surface area contributed by atoms with E-state index >= 15 is 0 Å². The van der Waals surface area contributed by atoms with Gasteiger partial charge in [0.05, 0.1) is 11.8 Å². The molecule has 4 nitrogen and oxygen atoms in total. The maximum Gasteiger partial charge on any atom is 0.307 e. The molecular weight excluding hydrogens is 266 g/mol. The fourth-order valence-corrected chi connectivity index (χ4v) is 4.07. The van der Waals surface area contributed by atoms with Gasteiger partial charge in [0.1, 0.15) is 0 Å². The summed E-state index contributed by atoms with van der Waals surface area (Å²) >= 11 is 0. The molecule has 2 aliphatic rings. The van der Waals surface area contributed by atoms with Crippen LogP contribution < -0.4 is 5.32 Å². The van der Waals surface area contributed by atoms with Crippen molar-refractivity contribution in [1.29, 1.82) is 0 Å². The number of aryl methyl sites for hydroxylation is 1. The second-order valence-electron chi connectivity index (χ2n) is 6.26. The van der Waals surface area contributed by atoms with Crippen molar-refractivity contribution >= 4 is 17.6 Å². The summed E-state index contributed by atoms with van der Waals surface area (Å²) in [6.07, 6.45) is 3.80. The van der Waals surface area contributed by atoms with Crippen molar-refractivity contribution < 1.29 is 14.7 Å². The van der Waals surface area contributed by atoms with Gasteiger partial charge in [-0.3, -0.25) is 9.59 Å². The Labute approximate surface area is 124 Å². The standard InChI is InChI=1S/C17H21NO3/c1-2-10-3-7-13(8-4-10)18-16(19)14-11-5-6-12(9-11)15(14)17(20)21/h3-4,7-8,11-12,14-15H,2,5-6,9H2,1H3,(H,18,19)(H,20,21)/t11-,12+,14+,15+/m1/s1. The summed E-state index contributed by atoms with van der Waals surface area (Å²) < 4.78 is 0. The van der Waals surface area contributed by atoms with Gasteiger partial charge in [-0.2, -0.15) is 0 Å². The highest BCUT2D eigenvalue weighted by Crippen LogP contribution is 2.52. The lowest BCUT2D eigenvalue weighted by Crippen LogP contribution is -2.37. The second-order valence-corrected chi connectivity index (χ2v) is 6.26. The van der Waals surface area contributed by atoms with Crippen molar-refractivity contribution in [3.8, 4) is 0 Å². The fourth-order valence-electron chi connectivity index (χ4n) is 4.07. The van der Waals surface area contributed by atoms with Crippen LogP contribution in [-0.2, 0) is 16.0 Å². The van der Waals surface area contributed by atoms with Crippen LogP contribution in [0.15, 0.2) is 24.3 Å². The van der Waals surface area contributed by atoms with Gasteiger partial charge < -0.3 is 10.4 Å². The summed E-state index contributed by atoms with van der Waals surface area (Å²) in [6, 6.07) is 7.76. The molecular formula is C17H21NO3. The van der Waals surface area contributed by atoms with Crippen LogP contribution in [0.5, 0.6) is 0 Å². The number of amides is 1. The third-order valence-electron chi connectivity index (χ3n) is 5.13. The fraction of sp³-hybridized carbons (Fsp3) is 0.529. The maximum atomic E-state index is 12.5. The van der Waals surface area contributed by atoms with Crippen molar-refractivity contribution in [2.75, 3.05) is 5.32 Å². The van der Waals surface area contributed by atoms with E-state index in [0.29, 0.717) is 0 Å². The number of hydrogen-bond donors (Lipinski definition) is 2. The molecule has 0 unspecified atom stereocenters. The Morgan fingerprint density at radius 3 is 2.33 bits per heavy atom. The zero-order chi connectivity index (χ0) is 15.0. The van der Waals surface area contributed by atoms with Gasteiger partial charge in [-0.05, 0) is 55.2 Å². The summed E-state index contributed by atoms with van der Waals surface area (Å²) in [4.78, 5) is 24.0. The van der Waals surface area contributed by atoms with Crippen LogP contribution in [0.1, 0.15) is 31.7 Å². The monoisotopic (exact) mass is 287 g/mol. The van der Waals surface area contributed by atoms with E-state index in [4.69, 9.17) is 0 Å². The summed E-state index contributed by atoms with van der Waals surface area (Å²) in [5.74, 6) is -1.38. The molecule has 0 aromatic heterocycles. The van der Waals surface area contributed by atoms with Crippen LogP contribution in [0, 0.1) is 23.7 Å². The Morgan fingerprint density at radius 1 is 1.14 bits per heavy atom. The molecule has 112 valence electrons. The van der Waals surface area contributed by atoms with Crippen molar-refractivity contribution in [2.45, 2.75) is 32.6 Å². The van der Waals surface area contributed by atoms with Gasteiger partial charge in [0.25, 0.3) is 0 Å². The van der Waals surface area contributed by atoms with E-state index in [-0.39, 0.29) is 23.7 Å². The summed E-state index contributed by atoms with van der Waals surface area (Å²) in [6.45, 7) is 2.08. The van der Waals surface area contributed by atoms with E-state index in [1.165, 1.54) is 5.56 Å². The quantitative estimate of drug-likeness (QED) is 0.894. The van der Waals surface area contributed by atoms with E-state index in [2.05, 4.69) is 12.2 Å². The van der Waals surface area contributed by atoms with Crippen LogP contribution in [0.25, 0.3) is 0 Å². The number of carboxylic acid groups (broad SMARTS) is 1. The molecule has 0 aliphatic heterocycles. The Balaban J connectivity index is 1.73. The average Bonchev–Trinajstić information content (AvgIpc) is 3.08. The third-order valence-corrected chi connectivity index (χ3v) is 5.13. The molecule has 2 aliphatic carbocycles. The highest BCUT2D eigenvalue weighted by Gasteiger charge is 2.53. The van der Waals surface area contributed by atoms with Crippen molar-refractivity contribution in [2.24, 2.45) is 23.7 Å². The summed E-state index contributed by atoms with van der Waals surface area (Å²) in [5.41, 5.74) is 1.97. The lowest BCUT2D eigenvalue weighted by Gasteiger charge is -2.27. The Hall–Kier alpha value is -1.84. The lowest BCUT2D eigenvalue weighted by molar-refractivity contribution is -0.148. The Morgan fingerprint density at radius 2 is 1.76 bits per heavy atom. The summed E-state index contributed by atoms with van der Waals surface area (Å²) in [7, 11) is 0. The highest BCUT2D eigenvalue weighted by molar-refractivity contribution is 5.96. The smallest absolute Gasteiger partial charge is 0.307 e. The van der Waals surface area contributed by atoms with E-state index in [9.17, 15) is 14.7 Å². The molecule has 2 N–H and O–H groups in total. The number of fused-ring (bicyclic) bond motifs is 2. The average molecular weight is 287 g/mol. The predicted octanol–water partition coefficient (Wildman–Crippen LogP) is 2.93. The van der Waals surface area contributed by atoms with Gasteiger partial charge in [-0.1, -0.05) is 19.1 Å². The third kappa shape index (κ3) is 2.55. The first-order valence-electron chi connectivity index (χ1n) is 7.72. The minimum absolute atomic E-state index is 0.126. The molecule has 0 spiro atoms. The number of rotatable bonds is 4. The van der Waals surface area contributed by atoms with Crippen molar-refractivity contribution in [3.05, 3.63) is 29.8 Å². The van der Waals surface area contributed by atoms with E-state index < -0.39 is 11.9 Å². The Bertz CT molecular complexity index is 552. The molecule has 4 heteroatoms. The predicted molar refractivity (Wildman–Crippen MR) is 79.9 cm³/mol. The zero-order valence-corrected chi connectivity index (χ0v) is 12.2. The number of carboxylic acids is 1. The van der Waals surface area contributed by atoms with Gasteiger partial charge in [-0.25, -0.2) is 0 Å². The van der Waals surface area contributed by atoms with Crippen LogP contribution in [0.2, 0.25) is 0 Å². The molecule has 4 atom stereocenters. The highest BCUT2D eigenvalue weighted by atomic mass is 16.4. The molecule has 0 radical (unpaired) electrons. The number of carbonyl (C=O) groups is 2. The molecule has 2 bridgehead atoms. The second kappa shape index (κ2) is 5.51. The SMILES string of the molecule is CCc1ccc(NC(=O)[C@H]2[C@@H]3CC[C@@H](C3)[C@@H]2C(=O)O)cc1. The largest absolute Gasteiger partial charge is 0.481 e. The first-order chi connectivity index (χ1) is 10.1. The molecule has 2 fully saturated rings. The number of carbonyl (C=O) groups excluding carboxylic acids is 1. The van der Waals surface area contributed by atoms with Gasteiger partial charge in [0, 0.05) is 5.69 Å². The number of aliphatic carboxylic acids is 1. The van der Waals surface area contributed by atoms with Gasteiger partial charge in [0.15, 0.2) is 0 Å². The summed E-state index contributed by atoms with van der Waals surface area (Å²) in [5, 5.41) is 12.3. The molecule has 3 rings (SSSR count). The maximum absolute atomic E-state index is 12.5. The first kappa shape index (κ1) is 14.1. The molecule has 0 heterocycles. The minimum Gasteiger partial charge on any atom is -0.481 e. The number of anilines is 1. The normalized spacial score (nSPS) is 30.3. The van der Waals surface area contributed by atoms with Gasteiger partial charge in [-0.15, -0.1) is 0 Å². The Kier molecular flexibility index (Phi) is 3.70. The molecule has 1 aromatic carbocycles. The molecule has 1 amide bonds. The molecule has 0 saturated heterocycles. The zero-order valence-electron chi connectivity index (χ0n) is 12.2. The lowest BCUT2D eigenvalue weighted by atomic mass is 9.78. The molecule has 2 saturated carbocycles. The number of benzene rings is 1. The molecule has 21 heavy (non-hydrogen) atoms. The first-order valence-corrected chi connectivity index (χ1v) is 7.72. The van der Waals surface area contributed by atoms with Crippen LogP contribution in [0.4, 0.5) is 5.69 Å². The van der Waals surface area contributed by atoms with E-state index in [0.717, 1.165) is 31.4 Å². The van der Waals surface area contributed by atoms with Crippen LogP contribution in [-0.4, -0.2) is 17.0 Å². The number of hydrogen-bond acceptors (Lipinski definition) is 2. The van der Waals surface area contributed by atoms with Crippen molar-refractivity contribution in [3.63, 3.8) is 0 Å². The van der Waals surface area contributed by atoms with Gasteiger partial charge >= 0.3 is 5.97 Å². The topological polar surface area (TPSA) is 66.4 Å². The van der Waals surface area contributed by atoms with E-state index in [1.54, 1.807) is 0 Å². The van der Waals surface area contributed by atoms with Gasteiger partial charge in [0.2, 0.25) is 5.91 Å². The van der Waals surface area contributed by atoms with Crippen molar-refractivity contribution in [1.82, 2.24) is 0 Å². The van der Waals surface area contributed by atoms with E-state index in [1.807, 2.05) is 24.3 Å². The molecule has 1 aromatic rings. The van der Waals surface area contributed by atoms with Crippen LogP contribution in [0.3, 0.4) is 0 Å². The van der Waals surface area contributed by atoms with Crippen LogP contribution >= 0.6 is 0 Å². The minimum atomic E-state index is -0.816. The number of nitrogens with one attached hydrogen (secondary N) is 1.